The molecule has 1 aromatic rings. The van der Waals surface area contributed by atoms with Crippen LogP contribution < -0.4 is 4.74 Å². The van der Waals surface area contributed by atoms with Gasteiger partial charge in [-0.05, 0) is 38.0 Å². The third-order valence-electron chi connectivity index (χ3n) is 2.90. The summed E-state index contributed by atoms with van der Waals surface area (Å²) < 4.78 is 5.09. The van der Waals surface area contributed by atoms with Gasteiger partial charge in [0.2, 0.25) is 5.91 Å². The van der Waals surface area contributed by atoms with Crippen LogP contribution in [-0.2, 0) is 11.2 Å². The van der Waals surface area contributed by atoms with Crippen LogP contribution in [0.1, 0.15) is 25.8 Å². The van der Waals surface area contributed by atoms with Crippen molar-refractivity contribution in [2.75, 3.05) is 20.2 Å². The number of carbonyl (C=O) groups excluding carboxylic acids is 1. The van der Waals surface area contributed by atoms with Crippen LogP contribution in [-0.4, -0.2) is 31.0 Å². The largest absolute Gasteiger partial charge is 0.497 e. The molecule has 0 aromatic heterocycles. The molecule has 94 valence electrons. The van der Waals surface area contributed by atoms with Crippen molar-refractivity contribution in [1.82, 2.24) is 4.90 Å². The van der Waals surface area contributed by atoms with E-state index in [0.29, 0.717) is 6.42 Å². The first-order chi connectivity index (χ1) is 8.21. The molecule has 17 heavy (non-hydrogen) atoms. The second-order valence-corrected chi connectivity index (χ2v) is 3.91. The molecule has 1 amide bonds. The summed E-state index contributed by atoms with van der Waals surface area (Å²) in [6.45, 7) is 5.60. The van der Waals surface area contributed by atoms with E-state index in [1.54, 1.807) is 7.11 Å². The van der Waals surface area contributed by atoms with Crippen molar-refractivity contribution >= 4 is 5.91 Å². The zero-order chi connectivity index (χ0) is 12.7. The third-order valence-corrected chi connectivity index (χ3v) is 2.90. The van der Waals surface area contributed by atoms with Crippen LogP contribution in [0.3, 0.4) is 0 Å². The van der Waals surface area contributed by atoms with Gasteiger partial charge in [0.25, 0.3) is 0 Å². The fourth-order valence-corrected chi connectivity index (χ4v) is 1.78. The first kappa shape index (κ1) is 13.6. The number of carbonyl (C=O) groups is 1. The van der Waals surface area contributed by atoms with E-state index in [4.69, 9.17) is 4.74 Å². The van der Waals surface area contributed by atoms with Gasteiger partial charge in [-0.3, -0.25) is 4.79 Å². The summed E-state index contributed by atoms with van der Waals surface area (Å²) in [7, 11) is 1.65. The van der Waals surface area contributed by atoms with E-state index in [2.05, 4.69) is 0 Å². The summed E-state index contributed by atoms with van der Waals surface area (Å²) in [6.07, 6.45) is 1.37. The predicted molar refractivity (Wildman–Crippen MR) is 69.2 cm³/mol. The van der Waals surface area contributed by atoms with E-state index >= 15 is 0 Å². The number of hydrogen-bond acceptors (Lipinski definition) is 2. The quantitative estimate of drug-likeness (QED) is 0.758. The lowest BCUT2D eigenvalue weighted by Crippen LogP contribution is -2.30. The lowest BCUT2D eigenvalue weighted by molar-refractivity contribution is -0.130. The van der Waals surface area contributed by atoms with Gasteiger partial charge in [0.05, 0.1) is 7.11 Å². The highest BCUT2D eigenvalue weighted by atomic mass is 16.5. The topological polar surface area (TPSA) is 29.5 Å². The van der Waals surface area contributed by atoms with Crippen LogP contribution in [0.15, 0.2) is 24.3 Å². The number of rotatable bonds is 6. The zero-order valence-electron chi connectivity index (χ0n) is 10.9. The van der Waals surface area contributed by atoms with Gasteiger partial charge in [0, 0.05) is 19.5 Å². The SMILES string of the molecule is CCN(CC)C(=O)CCc1ccc(OC)cc1. The van der Waals surface area contributed by atoms with Crippen LogP contribution in [0.4, 0.5) is 0 Å². The Labute approximate surface area is 103 Å². The lowest BCUT2D eigenvalue weighted by Gasteiger charge is -2.18. The molecule has 0 aliphatic rings. The van der Waals surface area contributed by atoms with Gasteiger partial charge < -0.3 is 9.64 Å². The van der Waals surface area contributed by atoms with Gasteiger partial charge in [-0.25, -0.2) is 0 Å². The van der Waals surface area contributed by atoms with Crippen molar-refractivity contribution in [3.8, 4) is 5.75 Å². The van der Waals surface area contributed by atoms with Gasteiger partial charge in [0.15, 0.2) is 0 Å². The molecule has 0 unspecified atom stereocenters. The maximum absolute atomic E-state index is 11.8. The Kier molecular flexibility index (Phi) is 5.53. The van der Waals surface area contributed by atoms with Crippen molar-refractivity contribution < 1.29 is 9.53 Å². The van der Waals surface area contributed by atoms with Gasteiger partial charge in [-0.2, -0.15) is 0 Å². The molecule has 0 spiro atoms. The predicted octanol–water partition coefficient (Wildman–Crippen LogP) is 2.50. The molecule has 0 saturated carbocycles. The summed E-state index contributed by atoms with van der Waals surface area (Å²) in [4.78, 5) is 13.7. The smallest absolute Gasteiger partial charge is 0.222 e. The fourth-order valence-electron chi connectivity index (χ4n) is 1.78. The molecule has 1 aromatic carbocycles. The lowest BCUT2D eigenvalue weighted by atomic mass is 10.1. The van der Waals surface area contributed by atoms with E-state index in [1.165, 1.54) is 5.56 Å². The number of nitrogens with zero attached hydrogens (tertiary/aromatic N) is 1. The van der Waals surface area contributed by atoms with E-state index in [-0.39, 0.29) is 5.91 Å². The highest BCUT2D eigenvalue weighted by Crippen LogP contribution is 2.13. The summed E-state index contributed by atoms with van der Waals surface area (Å²) in [5.74, 6) is 1.08. The summed E-state index contributed by atoms with van der Waals surface area (Å²) >= 11 is 0. The Bertz CT molecular complexity index is 342. The third kappa shape index (κ3) is 4.10. The molecule has 3 heteroatoms. The van der Waals surface area contributed by atoms with Gasteiger partial charge in [-0.1, -0.05) is 12.1 Å². The Morgan fingerprint density at radius 3 is 2.24 bits per heavy atom. The molecule has 1 rings (SSSR count). The van der Waals surface area contributed by atoms with Crippen molar-refractivity contribution in [3.63, 3.8) is 0 Å². The highest BCUT2D eigenvalue weighted by molar-refractivity contribution is 5.76. The van der Waals surface area contributed by atoms with E-state index in [1.807, 2.05) is 43.0 Å². The Morgan fingerprint density at radius 2 is 1.76 bits per heavy atom. The van der Waals surface area contributed by atoms with Gasteiger partial charge in [0.1, 0.15) is 5.75 Å². The maximum atomic E-state index is 11.8. The molecule has 0 bridgehead atoms. The second-order valence-electron chi connectivity index (χ2n) is 3.91. The molecule has 0 radical (unpaired) electrons. The maximum Gasteiger partial charge on any atom is 0.222 e. The monoisotopic (exact) mass is 235 g/mol. The Balaban J connectivity index is 2.46. The van der Waals surface area contributed by atoms with Crippen LogP contribution in [0.2, 0.25) is 0 Å². The van der Waals surface area contributed by atoms with Crippen molar-refractivity contribution in [2.45, 2.75) is 26.7 Å². The number of benzene rings is 1. The van der Waals surface area contributed by atoms with E-state index in [9.17, 15) is 4.79 Å². The van der Waals surface area contributed by atoms with Crippen LogP contribution in [0, 0.1) is 0 Å². The average molecular weight is 235 g/mol. The van der Waals surface area contributed by atoms with Crippen LogP contribution in [0.25, 0.3) is 0 Å². The molecular weight excluding hydrogens is 214 g/mol. The van der Waals surface area contributed by atoms with E-state index in [0.717, 1.165) is 25.3 Å². The number of aryl methyl sites for hydroxylation is 1. The molecule has 0 N–H and O–H groups in total. The highest BCUT2D eigenvalue weighted by Gasteiger charge is 2.08. The number of methoxy groups -OCH3 is 1. The normalized spacial score (nSPS) is 10.1. The molecule has 0 heterocycles. The minimum absolute atomic E-state index is 0.228. The average Bonchev–Trinajstić information content (AvgIpc) is 2.38. The first-order valence-corrected chi connectivity index (χ1v) is 6.12. The van der Waals surface area contributed by atoms with Gasteiger partial charge >= 0.3 is 0 Å². The zero-order valence-corrected chi connectivity index (χ0v) is 10.9. The van der Waals surface area contributed by atoms with Crippen molar-refractivity contribution in [2.24, 2.45) is 0 Å². The molecule has 3 nitrogen and oxygen atoms in total. The molecule has 0 saturated heterocycles. The van der Waals surface area contributed by atoms with E-state index < -0.39 is 0 Å². The minimum Gasteiger partial charge on any atom is -0.497 e. The number of ether oxygens (including phenoxy) is 1. The number of hydrogen-bond donors (Lipinski definition) is 0. The van der Waals surface area contributed by atoms with Crippen molar-refractivity contribution in [1.29, 1.82) is 0 Å². The standard InChI is InChI=1S/C14H21NO2/c1-4-15(5-2)14(16)11-8-12-6-9-13(17-3)10-7-12/h6-7,9-10H,4-5,8,11H2,1-3H3. The van der Waals surface area contributed by atoms with Crippen LogP contribution >= 0.6 is 0 Å². The molecule has 0 aliphatic carbocycles. The molecule has 0 aliphatic heterocycles. The van der Waals surface area contributed by atoms with Crippen molar-refractivity contribution in [3.05, 3.63) is 29.8 Å². The Morgan fingerprint density at radius 1 is 1.18 bits per heavy atom. The Hall–Kier alpha value is -1.51. The number of amides is 1. The second kappa shape index (κ2) is 6.94. The van der Waals surface area contributed by atoms with Crippen LogP contribution in [0.5, 0.6) is 5.75 Å². The summed E-state index contributed by atoms with van der Waals surface area (Å²) in [5.41, 5.74) is 1.17. The summed E-state index contributed by atoms with van der Waals surface area (Å²) in [6, 6.07) is 7.87. The molecule has 0 fully saturated rings. The molecule has 0 atom stereocenters. The minimum atomic E-state index is 0.228. The summed E-state index contributed by atoms with van der Waals surface area (Å²) in [5, 5.41) is 0. The molecular formula is C14H21NO2. The van der Waals surface area contributed by atoms with Gasteiger partial charge in [-0.15, -0.1) is 0 Å². The fraction of sp³-hybridized carbons (Fsp3) is 0.500. The first-order valence-electron chi connectivity index (χ1n) is 6.12.